The minimum Gasteiger partial charge on any atom is -0.361 e. The lowest BCUT2D eigenvalue weighted by Gasteiger charge is -2.36. The number of nitrogens with zero attached hydrogens (tertiary/aromatic N) is 3. The molecule has 2 rings (SSSR count). The van der Waals surface area contributed by atoms with Crippen LogP contribution in [-0.4, -0.2) is 46.7 Å². The van der Waals surface area contributed by atoms with Crippen molar-refractivity contribution in [2.45, 2.75) is 46.4 Å². The molecule has 7 heteroatoms. The molecule has 0 aromatic carbocycles. The number of hydrogen-bond acceptors (Lipinski definition) is 4. The van der Waals surface area contributed by atoms with Crippen LogP contribution in [0.3, 0.4) is 0 Å². The van der Waals surface area contributed by atoms with Gasteiger partial charge in [-0.2, -0.15) is 11.8 Å². The Morgan fingerprint density at radius 3 is 2.78 bits per heavy atom. The molecule has 1 aliphatic heterocycles. The van der Waals surface area contributed by atoms with Gasteiger partial charge in [0.15, 0.2) is 5.96 Å². The fourth-order valence-corrected chi connectivity index (χ4v) is 3.88. The summed E-state index contributed by atoms with van der Waals surface area (Å²) in [6.07, 6.45) is 0. The number of rotatable bonds is 4. The molecule has 0 radical (unpaired) electrons. The van der Waals surface area contributed by atoms with Crippen LogP contribution in [0.15, 0.2) is 9.52 Å². The van der Waals surface area contributed by atoms with E-state index >= 15 is 0 Å². The Morgan fingerprint density at radius 2 is 2.22 bits per heavy atom. The summed E-state index contributed by atoms with van der Waals surface area (Å²) in [5.41, 5.74) is 2.04. The Morgan fingerprint density at radius 1 is 1.48 bits per heavy atom. The van der Waals surface area contributed by atoms with Crippen LogP contribution in [0.1, 0.15) is 37.8 Å². The molecule has 1 fully saturated rings. The van der Waals surface area contributed by atoms with Crippen molar-refractivity contribution in [1.29, 1.82) is 0 Å². The summed E-state index contributed by atoms with van der Waals surface area (Å²) < 4.78 is 5.22. The average Bonchev–Trinajstić information content (AvgIpc) is 2.82. The Bertz CT molecular complexity index is 499. The molecule has 2 heterocycles. The Balaban J connectivity index is 0.00000264. The van der Waals surface area contributed by atoms with Crippen LogP contribution in [0, 0.1) is 19.8 Å². The Labute approximate surface area is 161 Å². The van der Waals surface area contributed by atoms with Gasteiger partial charge in [-0.1, -0.05) is 19.0 Å². The van der Waals surface area contributed by atoms with E-state index in [1.807, 2.05) is 13.8 Å². The van der Waals surface area contributed by atoms with Gasteiger partial charge in [-0.25, -0.2) is 4.99 Å². The SMILES string of the molecule is CCNC(=NCc1c(C)noc1C)N1CCSC(C(C)C)C1.I. The maximum atomic E-state index is 5.22. The van der Waals surface area contributed by atoms with E-state index in [1.165, 1.54) is 5.75 Å². The van der Waals surface area contributed by atoms with Gasteiger partial charge in [0.25, 0.3) is 0 Å². The summed E-state index contributed by atoms with van der Waals surface area (Å²) in [4.78, 5) is 7.21. The van der Waals surface area contributed by atoms with E-state index in [0.717, 1.165) is 42.6 Å². The maximum absolute atomic E-state index is 5.22. The van der Waals surface area contributed by atoms with Crippen LogP contribution < -0.4 is 5.32 Å². The highest BCUT2D eigenvalue weighted by Crippen LogP contribution is 2.25. The van der Waals surface area contributed by atoms with E-state index in [2.05, 4.69) is 47.9 Å². The first-order valence-corrected chi connectivity index (χ1v) is 9.14. The van der Waals surface area contributed by atoms with Crippen LogP contribution in [-0.2, 0) is 6.54 Å². The topological polar surface area (TPSA) is 53.7 Å². The number of thioether (sulfide) groups is 1. The predicted molar refractivity (Wildman–Crippen MR) is 109 cm³/mol. The second-order valence-electron chi connectivity index (χ2n) is 6.07. The fourth-order valence-electron chi connectivity index (χ4n) is 2.58. The van der Waals surface area contributed by atoms with Crippen molar-refractivity contribution in [2.24, 2.45) is 10.9 Å². The summed E-state index contributed by atoms with van der Waals surface area (Å²) in [7, 11) is 0. The molecule has 1 N–H and O–H groups in total. The molecule has 0 aliphatic carbocycles. The highest BCUT2D eigenvalue weighted by atomic mass is 127. The van der Waals surface area contributed by atoms with Crippen LogP contribution in [0.5, 0.6) is 0 Å². The average molecular weight is 452 g/mol. The first kappa shape index (κ1) is 20.6. The molecular weight excluding hydrogens is 423 g/mol. The van der Waals surface area contributed by atoms with E-state index in [-0.39, 0.29) is 24.0 Å². The van der Waals surface area contributed by atoms with E-state index in [9.17, 15) is 0 Å². The third kappa shape index (κ3) is 5.55. The predicted octanol–water partition coefficient (Wildman–Crippen LogP) is 3.45. The van der Waals surface area contributed by atoms with Crippen molar-refractivity contribution in [1.82, 2.24) is 15.4 Å². The zero-order chi connectivity index (χ0) is 16.1. The highest BCUT2D eigenvalue weighted by Gasteiger charge is 2.25. The maximum Gasteiger partial charge on any atom is 0.194 e. The van der Waals surface area contributed by atoms with Gasteiger partial charge in [0.2, 0.25) is 0 Å². The van der Waals surface area contributed by atoms with Crippen molar-refractivity contribution in [3.05, 3.63) is 17.0 Å². The number of hydrogen-bond donors (Lipinski definition) is 1. The van der Waals surface area contributed by atoms with Gasteiger partial charge in [-0.3, -0.25) is 0 Å². The van der Waals surface area contributed by atoms with Crippen molar-refractivity contribution < 1.29 is 4.52 Å². The second-order valence-corrected chi connectivity index (χ2v) is 7.42. The van der Waals surface area contributed by atoms with E-state index in [4.69, 9.17) is 9.52 Å². The molecule has 1 atom stereocenters. The van der Waals surface area contributed by atoms with Crippen LogP contribution in [0.25, 0.3) is 0 Å². The molecule has 1 saturated heterocycles. The third-order valence-corrected chi connectivity index (χ3v) is 5.58. The monoisotopic (exact) mass is 452 g/mol. The Hall–Kier alpha value is -0.440. The molecule has 23 heavy (non-hydrogen) atoms. The lowest BCUT2D eigenvalue weighted by molar-refractivity contribution is 0.380. The highest BCUT2D eigenvalue weighted by molar-refractivity contribution is 14.0. The van der Waals surface area contributed by atoms with Gasteiger partial charge < -0.3 is 14.7 Å². The molecule has 1 aromatic heterocycles. The van der Waals surface area contributed by atoms with Crippen LogP contribution >= 0.6 is 35.7 Å². The summed E-state index contributed by atoms with van der Waals surface area (Å²) >= 11 is 2.08. The molecule has 0 bridgehead atoms. The summed E-state index contributed by atoms with van der Waals surface area (Å²) in [5.74, 6) is 3.73. The fraction of sp³-hybridized carbons (Fsp3) is 0.750. The van der Waals surface area contributed by atoms with Crippen LogP contribution in [0.4, 0.5) is 0 Å². The first-order valence-electron chi connectivity index (χ1n) is 8.09. The zero-order valence-electron chi connectivity index (χ0n) is 14.8. The van der Waals surface area contributed by atoms with Gasteiger partial charge in [0.05, 0.1) is 12.2 Å². The van der Waals surface area contributed by atoms with Crippen molar-refractivity contribution in [3.8, 4) is 0 Å². The second kappa shape index (κ2) is 9.76. The molecule has 1 aliphatic rings. The van der Waals surface area contributed by atoms with Gasteiger partial charge in [0.1, 0.15) is 5.76 Å². The largest absolute Gasteiger partial charge is 0.361 e. The molecule has 5 nitrogen and oxygen atoms in total. The standard InChI is InChI=1S/C16H28N4OS.HI/c1-6-17-16(18-9-14-12(4)19-21-13(14)5)20-7-8-22-15(10-20)11(2)3;/h11,15H,6-10H2,1-5H3,(H,17,18);1H. The zero-order valence-corrected chi connectivity index (χ0v) is 17.9. The summed E-state index contributed by atoms with van der Waals surface area (Å²) in [6.45, 7) is 14.3. The molecule has 0 spiro atoms. The first-order chi connectivity index (χ1) is 10.5. The summed E-state index contributed by atoms with van der Waals surface area (Å²) in [5, 5.41) is 8.11. The van der Waals surface area contributed by atoms with E-state index in [0.29, 0.717) is 17.7 Å². The number of aryl methyl sites for hydroxylation is 2. The molecule has 132 valence electrons. The third-order valence-electron chi connectivity index (χ3n) is 4.04. The van der Waals surface area contributed by atoms with Crippen molar-refractivity contribution in [2.75, 3.05) is 25.4 Å². The van der Waals surface area contributed by atoms with Gasteiger partial charge in [-0.05, 0) is 26.7 Å². The summed E-state index contributed by atoms with van der Waals surface area (Å²) in [6, 6.07) is 0. The quantitative estimate of drug-likeness (QED) is 0.431. The molecule has 0 amide bonds. The number of halogens is 1. The number of nitrogens with one attached hydrogen (secondary N) is 1. The van der Waals surface area contributed by atoms with Gasteiger partial charge >= 0.3 is 0 Å². The van der Waals surface area contributed by atoms with Crippen molar-refractivity contribution >= 4 is 41.7 Å². The Kier molecular flexibility index (Phi) is 8.74. The van der Waals surface area contributed by atoms with E-state index in [1.54, 1.807) is 0 Å². The minimum atomic E-state index is 0. The van der Waals surface area contributed by atoms with Crippen LogP contribution in [0.2, 0.25) is 0 Å². The molecule has 1 aromatic rings. The number of aliphatic imine (C=N–C) groups is 1. The normalized spacial score (nSPS) is 19.0. The van der Waals surface area contributed by atoms with Gasteiger partial charge in [0, 0.05) is 36.2 Å². The molecular formula is C16H29IN4OS. The molecule has 1 unspecified atom stereocenters. The minimum absolute atomic E-state index is 0. The van der Waals surface area contributed by atoms with Gasteiger partial charge in [-0.15, -0.1) is 24.0 Å². The lowest BCUT2D eigenvalue weighted by Crippen LogP contribution is -2.49. The number of guanidine groups is 1. The molecule has 0 saturated carbocycles. The smallest absolute Gasteiger partial charge is 0.194 e. The number of aromatic nitrogens is 1. The van der Waals surface area contributed by atoms with E-state index < -0.39 is 0 Å². The van der Waals surface area contributed by atoms with Crippen molar-refractivity contribution in [3.63, 3.8) is 0 Å². The lowest BCUT2D eigenvalue weighted by atomic mass is 10.1.